The van der Waals surface area contributed by atoms with Crippen molar-refractivity contribution < 1.29 is 4.74 Å². The number of rotatable bonds is 5. The predicted molar refractivity (Wildman–Crippen MR) is 104 cm³/mol. The fraction of sp³-hybridized carbons (Fsp3) is 0.500. The molecule has 0 aliphatic carbocycles. The molecule has 0 saturated carbocycles. The predicted octanol–water partition coefficient (Wildman–Crippen LogP) is 2.99. The van der Waals surface area contributed by atoms with Crippen LogP contribution in [-0.4, -0.2) is 39.6 Å². The van der Waals surface area contributed by atoms with Gasteiger partial charge in [0.05, 0.1) is 6.61 Å². The number of methoxy groups -OCH3 is 1. The van der Waals surface area contributed by atoms with E-state index in [2.05, 4.69) is 37.5 Å². The number of aromatic nitrogens is 3. The van der Waals surface area contributed by atoms with Crippen LogP contribution in [-0.2, 0) is 17.7 Å². The van der Waals surface area contributed by atoms with Gasteiger partial charge in [-0.15, -0.1) is 10.2 Å². The van der Waals surface area contributed by atoms with Crippen LogP contribution in [0.5, 0.6) is 0 Å². The first-order chi connectivity index (χ1) is 12.2. The van der Waals surface area contributed by atoms with E-state index in [9.17, 15) is 0 Å². The van der Waals surface area contributed by atoms with Crippen LogP contribution in [0.1, 0.15) is 32.0 Å². The number of ether oxygens (including phenoxy) is 1. The van der Waals surface area contributed by atoms with E-state index in [0.29, 0.717) is 11.7 Å². The van der Waals surface area contributed by atoms with Crippen LogP contribution in [0.15, 0.2) is 24.3 Å². The van der Waals surface area contributed by atoms with E-state index >= 15 is 0 Å². The Kier molecular flexibility index (Phi) is 5.99. The average molecular weight is 359 g/mol. The van der Waals surface area contributed by atoms with E-state index in [1.165, 1.54) is 19.3 Å². The first-order valence-corrected chi connectivity index (χ1v) is 9.17. The normalized spacial score (nSPS) is 15.1. The van der Waals surface area contributed by atoms with Crippen molar-refractivity contribution in [1.29, 1.82) is 0 Å². The van der Waals surface area contributed by atoms with Crippen molar-refractivity contribution in [3.63, 3.8) is 0 Å². The first-order valence-electron chi connectivity index (χ1n) is 8.76. The van der Waals surface area contributed by atoms with Crippen LogP contribution < -0.4 is 10.6 Å². The summed E-state index contributed by atoms with van der Waals surface area (Å²) in [5, 5.41) is 15.8. The Morgan fingerprint density at radius 3 is 3.04 bits per heavy atom. The SMILES string of the molecule is COCC(C)NC(=S)Nc1cccc(-c2nnc3n2CCCCC3)c1. The van der Waals surface area contributed by atoms with Gasteiger partial charge in [-0.25, -0.2) is 0 Å². The molecule has 25 heavy (non-hydrogen) atoms. The van der Waals surface area contributed by atoms with Crippen molar-refractivity contribution in [2.45, 2.75) is 45.2 Å². The standard InChI is InChI=1S/C18H25N5OS/c1-13(12-24-2)19-18(25)20-15-8-6-7-14(11-15)17-22-21-16-9-4-3-5-10-23(16)17/h6-8,11,13H,3-5,9-10,12H2,1-2H3,(H2,19,20,25). The molecule has 0 fully saturated rings. The molecule has 1 aliphatic rings. The molecule has 0 bridgehead atoms. The lowest BCUT2D eigenvalue weighted by atomic mass is 10.2. The second-order valence-electron chi connectivity index (χ2n) is 6.44. The number of benzene rings is 1. The third-order valence-electron chi connectivity index (χ3n) is 4.28. The molecule has 1 atom stereocenters. The lowest BCUT2D eigenvalue weighted by Gasteiger charge is -2.16. The van der Waals surface area contributed by atoms with Crippen molar-refractivity contribution in [3.8, 4) is 11.4 Å². The quantitative estimate of drug-likeness (QED) is 0.800. The molecule has 0 spiro atoms. The fourth-order valence-electron chi connectivity index (χ4n) is 3.12. The van der Waals surface area contributed by atoms with Crippen molar-refractivity contribution in [1.82, 2.24) is 20.1 Å². The lowest BCUT2D eigenvalue weighted by molar-refractivity contribution is 0.179. The molecule has 134 valence electrons. The summed E-state index contributed by atoms with van der Waals surface area (Å²) >= 11 is 5.37. The Balaban J connectivity index is 1.74. The number of hydrogen-bond acceptors (Lipinski definition) is 4. The van der Waals surface area contributed by atoms with Gasteiger partial charge in [0.15, 0.2) is 10.9 Å². The zero-order valence-electron chi connectivity index (χ0n) is 14.8. The number of hydrogen-bond donors (Lipinski definition) is 2. The number of nitrogens with zero attached hydrogens (tertiary/aromatic N) is 3. The third kappa shape index (κ3) is 4.55. The molecule has 7 heteroatoms. The van der Waals surface area contributed by atoms with E-state index in [4.69, 9.17) is 17.0 Å². The van der Waals surface area contributed by atoms with E-state index in [0.717, 1.165) is 35.9 Å². The summed E-state index contributed by atoms with van der Waals surface area (Å²) in [4.78, 5) is 0. The molecule has 2 N–H and O–H groups in total. The summed E-state index contributed by atoms with van der Waals surface area (Å²) in [6.45, 7) is 3.62. The molecule has 1 aromatic heterocycles. The van der Waals surface area contributed by atoms with Gasteiger partial charge in [-0.05, 0) is 44.1 Å². The van der Waals surface area contributed by atoms with Crippen LogP contribution in [0.3, 0.4) is 0 Å². The zero-order chi connectivity index (χ0) is 17.6. The molecule has 3 rings (SSSR count). The van der Waals surface area contributed by atoms with E-state index in [1.54, 1.807) is 7.11 Å². The molecule has 2 aromatic rings. The molecular formula is C18H25N5OS. The monoisotopic (exact) mass is 359 g/mol. The first kappa shape index (κ1) is 17.8. The second-order valence-corrected chi connectivity index (χ2v) is 6.85. The lowest BCUT2D eigenvalue weighted by Crippen LogP contribution is -2.38. The molecular weight excluding hydrogens is 334 g/mol. The van der Waals surface area contributed by atoms with E-state index < -0.39 is 0 Å². The van der Waals surface area contributed by atoms with E-state index in [1.807, 2.05) is 19.1 Å². The van der Waals surface area contributed by atoms with Gasteiger partial charge in [0, 0.05) is 37.4 Å². The Hall–Kier alpha value is -1.99. The number of aryl methyl sites for hydroxylation is 1. The second kappa shape index (κ2) is 8.40. The maximum Gasteiger partial charge on any atom is 0.171 e. The van der Waals surface area contributed by atoms with Crippen LogP contribution in [0.25, 0.3) is 11.4 Å². The van der Waals surface area contributed by atoms with Gasteiger partial charge < -0.3 is 19.9 Å². The van der Waals surface area contributed by atoms with E-state index in [-0.39, 0.29) is 6.04 Å². The molecule has 1 aliphatic heterocycles. The summed E-state index contributed by atoms with van der Waals surface area (Å²) in [5.41, 5.74) is 1.99. The molecule has 6 nitrogen and oxygen atoms in total. The molecule has 2 heterocycles. The highest BCUT2D eigenvalue weighted by Gasteiger charge is 2.16. The van der Waals surface area contributed by atoms with Gasteiger partial charge in [0.25, 0.3) is 0 Å². The van der Waals surface area contributed by atoms with Gasteiger partial charge in [-0.3, -0.25) is 0 Å². The molecule has 0 saturated heterocycles. The molecule has 1 unspecified atom stereocenters. The fourth-order valence-corrected chi connectivity index (χ4v) is 3.44. The summed E-state index contributed by atoms with van der Waals surface area (Å²) in [5.74, 6) is 2.03. The summed E-state index contributed by atoms with van der Waals surface area (Å²) in [6.07, 6.45) is 4.64. The molecule has 0 radical (unpaired) electrons. The van der Waals surface area contributed by atoms with Crippen LogP contribution in [0, 0.1) is 0 Å². The van der Waals surface area contributed by atoms with Crippen molar-refractivity contribution in [3.05, 3.63) is 30.1 Å². The maximum atomic E-state index is 5.37. The molecule has 1 aromatic carbocycles. The minimum atomic E-state index is 0.153. The Morgan fingerprint density at radius 1 is 1.32 bits per heavy atom. The number of nitrogens with one attached hydrogen (secondary N) is 2. The average Bonchev–Trinajstić information content (AvgIpc) is 2.84. The topological polar surface area (TPSA) is 64.0 Å². The zero-order valence-corrected chi connectivity index (χ0v) is 15.6. The van der Waals surface area contributed by atoms with Crippen molar-refractivity contribution in [2.75, 3.05) is 19.0 Å². The smallest absolute Gasteiger partial charge is 0.171 e. The minimum absolute atomic E-state index is 0.153. The van der Waals surface area contributed by atoms with Gasteiger partial charge >= 0.3 is 0 Å². The van der Waals surface area contributed by atoms with Gasteiger partial charge in [-0.1, -0.05) is 18.6 Å². The van der Waals surface area contributed by atoms with Crippen molar-refractivity contribution in [2.24, 2.45) is 0 Å². The number of fused-ring (bicyclic) bond motifs is 1. The van der Waals surface area contributed by atoms with Crippen LogP contribution in [0.4, 0.5) is 5.69 Å². The Labute approximate surface area is 154 Å². The summed E-state index contributed by atoms with van der Waals surface area (Å²) in [7, 11) is 1.68. The maximum absolute atomic E-state index is 5.37. The number of anilines is 1. The Bertz CT molecular complexity index is 730. The highest BCUT2D eigenvalue weighted by molar-refractivity contribution is 7.80. The number of thiocarbonyl (C=S) groups is 1. The molecule has 0 amide bonds. The van der Waals surface area contributed by atoms with Gasteiger partial charge in [0.1, 0.15) is 5.82 Å². The largest absolute Gasteiger partial charge is 0.383 e. The van der Waals surface area contributed by atoms with Crippen molar-refractivity contribution >= 4 is 23.0 Å². The van der Waals surface area contributed by atoms with Gasteiger partial charge in [-0.2, -0.15) is 0 Å². The Morgan fingerprint density at radius 2 is 2.20 bits per heavy atom. The van der Waals surface area contributed by atoms with Crippen LogP contribution >= 0.6 is 12.2 Å². The summed E-state index contributed by atoms with van der Waals surface area (Å²) in [6, 6.07) is 8.30. The summed E-state index contributed by atoms with van der Waals surface area (Å²) < 4.78 is 7.37. The van der Waals surface area contributed by atoms with Gasteiger partial charge in [0.2, 0.25) is 0 Å². The van der Waals surface area contributed by atoms with Crippen LogP contribution in [0.2, 0.25) is 0 Å². The minimum Gasteiger partial charge on any atom is -0.383 e. The third-order valence-corrected chi connectivity index (χ3v) is 4.50. The highest BCUT2D eigenvalue weighted by Crippen LogP contribution is 2.24. The highest BCUT2D eigenvalue weighted by atomic mass is 32.1.